The van der Waals surface area contributed by atoms with E-state index < -0.39 is 0 Å². The Morgan fingerprint density at radius 3 is 2.84 bits per heavy atom. The van der Waals surface area contributed by atoms with Gasteiger partial charge in [-0.1, -0.05) is 6.92 Å². The second-order valence-electron chi connectivity index (χ2n) is 6.67. The summed E-state index contributed by atoms with van der Waals surface area (Å²) >= 11 is 0. The molecule has 1 unspecified atom stereocenters. The lowest BCUT2D eigenvalue weighted by Crippen LogP contribution is -2.36. The number of nitrogens with one attached hydrogen (secondary N) is 1. The molecule has 4 nitrogen and oxygen atoms in total. The number of hydrogen-bond donors (Lipinski definition) is 1. The molecule has 1 N–H and O–H groups in total. The number of aromatic nitrogens is 2. The van der Waals surface area contributed by atoms with Crippen LogP contribution in [-0.4, -0.2) is 28.6 Å². The van der Waals surface area contributed by atoms with Gasteiger partial charge in [-0.3, -0.25) is 4.98 Å². The summed E-state index contributed by atoms with van der Waals surface area (Å²) in [5.41, 5.74) is 1.13. The fourth-order valence-corrected chi connectivity index (χ4v) is 2.39. The molecule has 0 aromatic carbocycles. The minimum atomic E-state index is 0.108. The molecule has 1 fully saturated rings. The minimum Gasteiger partial charge on any atom is -0.355 e. The van der Waals surface area contributed by atoms with E-state index in [4.69, 9.17) is 4.98 Å². The molecule has 1 aliphatic rings. The Labute approximate surface area is 116 Å². The van der Waals surface area contributed by atoms with E-state index in [-0.39, 0.29) is 5.54 Å². The van der Waals surface area contributed by atoms with E-state index in [1.807, 2.05) is 12.4 Å². The average Bonchev–Trinajstić information content (AvgIpc) is 2.36. The Bertz CT molecular complexity index is 411. The zero-order valence-corrected chi connectivity index (χ0v) is 12.6. The van der Waals surface area contributed by atoms with Crippen molar-refractivity contribution >= 4 is 5.82 Å². The zero-order valence-electron chi connectivity index (χ0n) is 12.6. The van der Waals surface area contributed by atoms with Gasteiger partial charge in [0.05, 0.1) is 11.9 Å². The predicted octanol–water partition coefficient (Wildman–Crippen LogP) is 2.60. The molecule has 1 aromatic rings. The first-order valence-electron chi connectivity index (χ1n) is 7.25. The van der Waals surface area contributed by atoms with Crippen molar-refractivity contribution in [3.63, 3.8) is 0 Å². The van der Waals surface area contributed by atoms with E-state index in [2.05, 4.69) is 42.9 Å². The Hall–Kier alpha value is -1.16. The topological polar surface area (TPSA) is 41.1 Å². The van der Waals surface area contributed by atoms with Gasteiger partial charge in [-0.25, -0.2) is 4.98 Å². The summed E-state index contributed by atoms with van der Waals surface area (Å²) in [4.78, 5) is 11.4. The highest BCUT2D eigenvalue weighted by molar-refractivity contribution is 5.36. The first-order chi connectivity index (χ1) is 8.94. The largest absolute Gasteiger partial charge is 0.355 e. The van der Waals surface area contributed by atoms with E-state index in [1.54, 1.807) is 0 Å². The van der Waals surface area contributed by atoms with Crippen LogP contribution in [0.5, 0.6) is 0 Å². The summed E-state index contributed by atoms with van der Waals surface area (Å²) in [5.74, 6) is 1.78. The van der Waals surface area contributed by atoms with Gasteiger partial charge in [0.25, 0.3) is 0 Å². The zero-order chi connectivity index (χ0) is 13.9. The molecule has 2 heterocycles. The lowest BCUT2D eigenvalue weighted by Gasteiger charge is -2.31. The third-order valence-corrected chi connectivity index (χ3v) is 3.45. The number of anilines is 1. The van der Waals surface area contributed by atoms with Crippen molar-refractivity contribution in [1.82, 2.24) is 15.3 Å². The Morgan fingerprint density at radius 1 is 1.37 bits per heavy atom. The van der Waals surface area contributed by atoms with Crippen molar-refractivity contribution in [2.45, 2.75) is 52.6 Å². The maximum Gasteiger partial charge on any atom is 0.147 e. The van der Waals surface area contributed by atoms with Crippen LogP contribution in [-0.2, 0) is 6.54 Å². The van der Waals surface area contributed by atoms with Crippen molar-refractivity contribution in [2.75, 3.05) is 18.0 Å². The van der Waals surface area contributed by atoms with Crippen molar-refractivity contribution in [3.05, 3.63) is 18.1 Å². The Morgan fingerprint density at radius 2 is 2.16 bits per heavy atom. The number of rotatable bonds is 3. The Balaban J connectivity index is 2.02. The molecular weight excluding hydrogens is 236 g/mol. The van der Waals surface area contributed by atoms with Crippen molar-refractivity contribution in [2.24, 2.45) is 5.92 Å². The van der Waals surface area contributed by atoms with Gasteiger partial charge < -0.3 is 10.2 Å². The first kappa shape index (κ1) is 14.3. The van der Waals surface area contributed by atoms with Crippen molar-refractivity contribution in [1.29, 1.82) is 0 Å². The van der Waals surface area contributed by atoms with Crippen LogP contribution in [0.3, 0.4) is 0 Å². The van der Waals surface area contributed by atoms with E-state index in [1.165, 1.54) is 12.8 Å². The SMILES string of the molecule is CC1CCCN(c2cncc(CNC(C)(C)C)n2)C1. The maximum atomic E-state index is 4.73. The van der Waals surface area contributed by atoms with Gasteiger partial charge in [0.2, 0.25) is 0 Å². The van der Waals surface area contributed by atoms with E-state index >= 15 is 0 Å². The summed E-state index contributed by atoms with van der Waals surface area (Å²) in [6.07, 6.45) is 6.33. The number of nitrogens with zero attached hydrogens (tertiary/aromatic N) is 3. The minimum absolute atomic E-state index is 0.108. The average molecular weight is 262 g/mol. The molecule has 0 amide bonds. The molecule has 1 aromatic heterocycles. The number of piperidine rings is 1. The van der Waals surface area contributed by atoms with E-state index in [9.17, 15) is 0 Å². The van der Waals surface area contributed by atoms with Gasteiger partial charge in [-0.2, -0.15) is 0 Å². The van der Waals surface area contributed by atoms with Crippen LogP contribution in [0.4, 0.5) is 5.82 Å². The fourth-order valence-electron chi connectivity index (χ4n) is 2.39. The van der Waals surface area contributed by atoms with Crippen LogP contribution in [0.25, 0.3) is 0 Å². The molecule has 0 bridgehead atoms. The molecule has 0 spiro atoms. The van der Waals surface area contributed by atoms with Crippen molar-refractivity contribution in [3.8, 4) is 0 Å². The molecule has 1 aliphatic heterocycles. The summed E-state index contributed by atoms with van der Waals surface area (Å²) < 4.78 is 0. The quantitative estimate of drug-likeness (QED) is 0.909. The van der Waals surface area contributed by atoms with Gasteiger partial charge in [0.15, 0.2) is 0 Å². The normalized spacial score (nSPS) is 20.6. The smallest absolute Gasteiger partial charge is 0.147 e. The fraction of sp³-hybridized carbons (Fsp3) is 0.733. The molecule has 0 radical (unpaired) electrons. The molecule has 1 saturated heterocycles. The van der Waals surface area contributed by atoms with Gasteiger partial charge >= 0.3 is 0 Å². The summed E-state index contributed by atoms with van der Waals surface area (Å²) in [6, 6.07) is 0. The van der Waals surface area contributed by atoms with Crippen LogP contribution in [0, 0.1) is 5.92 Å². The molecule has 0 saturated carbocycles. The second-order valence-corrected chi connectivity index (χ2v) is 6.67. The molecule has 2 rings (SSSR count). The highest BCUT2D eigenvalue weighted by Crippen LogP contribution is 2.20. The lowest BCUT2D eigenvalue weighted by atomic mass is 10.0. The van der Waals surface area contributed by atoms with Crippen LogP contribution in [0.15, 0.2) is 12.4 Å². The summed E-state index contributed by atoms with van der Waals surface area (Å²) in [7, 11) is 0. The standard InChI is InChI=1S/C15H26N4/c1-12-6-5-7-19(11-12)14-10-16-8-13(18-14)9-17-15(2,3)4/h8,10,12,17H,5-7,9,11H2,1-4H3. The highest BCUT2D eigenvalue weighted by Gasteiger charge is 2.18. The van der Waals surface area contributed by atoms with E-state index in [0.717, 1.165) is 37.1 Å². The third kappa shape index (κ3) is 4.46. The molecule has 19 heavy (non-hydrogen) atoms. The molecule has 1 atom stereocenters. The predicted molar refractivity (Wildman–Crippen MR) is 79.2 cm³/mol. The molecular formula is C15H26N4. The van der Waals surface area contributed by atoms with Gasteiger partial charge in [0, 0.05) is 31.4 Å². The van der Waals surface area contributed by atoms with E-state index in [0.29, 0.717) is 0 Å². The third-order valence-electron chi connectivity index (χ3n) is 3.45. The van der Waals surface area contributed by atoms with Crippen LogP contribution in [0.2, 0.25) is 0 Å². The Kier molecular flexibility index (Phi) is 4.40. The van der Waals surface area contributed by atoms with Gasteiger partial charge in [0.1, 0.15) is 5.82 Å². The summed E-state index contributed by atoms with van der Waals surface area (Å²) in [6.45, 7) is 11.8. The molecule has 106 valence electrons. The number of hydrogen-bond acceptors (Lipinski definition) is 4. The van der Waals surface area contributed by atoms with Crippen molar-refractivity contribution < 1.29 is 0 Å². The molecule has 4 heteroatoms. The van der Waals surface area contributed by atoms with Gasteiger partial charge in [-0.15, -0.1) is 0 Å². The van der Waals surface area contributed by atoms with Crippen LogP contribution < -0.4 is 10.2 Å². The summed E-state index contributed by atoms with van der Waals surface area (Å²) in [5, 5.41) is 3.46. The van der Waals surface area contributed by atoms with Crippen LogP contribution in [0.1, 0.15) is 46.2 Å². The van der Waals surface area contributed by atoms with Gasteiger partial charge in [-0.05, 0) is 39.5 Å². The maximum absolute atomic E-state index is 4.73. The lowest BCUT2D eigenvalue weighted by molar-refractivity contribution is 0.419. The first-order valence-corrected chi connectivity index (χ1v) is 7.25. The monoisotopic (exact) mass is 262 g/mol. The van der Waals surface area contributed by atoms with Crippen LogP contribution >= 0.6 is 0 Å². The molecule has 0 aliphatic carbocycles. The highest BCUT2D eigenvalue weighted by atomic mass is 15.2. The second kappa shape index (κ2) is 5.87.